The van der Waals surface area contributed by atoms with Crippen LogP contribution in [0.4, 0.5) is 5.69 Å². The number of carbonyl (C=O) groups excluding carboxylic acids is 1. The van der Waals surface area contributed by atoms with Gasteiger partial charge in [0.1, 0.15) is 11.3 Å². The smallest absolute Gasteiger partial charge is 0.341 e. The fourth-order valence-electron chi connectivity index (χ4n) is 5.14. The van der Waals surface area contributed by atoms with Gasteiger partial charge in [-0.3, -0.25) is 9.59 Å². The lowest BCUT2D eigenvalue weighted by atomic mass is 10.1. The molecule has 1 amide bonds. The third-order valence-electron chi connectivity index (χ3n) is 7.23. The molecule has 0 aliphatic carbocycles. The minimum Gasteiger partial charge on any atom is -0.499 e. The molecule has 204 valence electrons. The molecule has 5 aromatic rings. The predicted octanol–water partition coefficient (Wildman–Crippen LogP) is 5.97. The number of carboxylic acids is 1. The molecule has 0 fully saturated rings. The molecule has 0 unspecified atom stereocenters. The summed E-state index contributed by atoms with van der Waals surface area (Å²) < 4.78 is 7.36. The lowest BCUT2D eigenvalue weighted by Gasteiger charge is -2.17. The monoisotopic (exact) mass is 562 g/mol. The molecule has 2 aromatic heterocycles. The molecule has 0 atom stereocenters. The molecule has 1 N–H and O–H groups in total. The van der Waals surface area contributed by atoms with Crippen molar-refractivity contribution in [1.82, 2.24) is 4.57 Å². The second-order valence-electron chi connectivity index (χ2n) is 9.85. The first-order chi connectivity index (χ1) is 19.9. The number of aromatic carboxylic acids is 1. The minimum atomic E-state index is -1.27. The summed E-state index contributed by atoms with van der Waals surface area (Å²) in [6.07, 6.45) is 3.41. The van der Waals surface area contributed by atoms with Gasteiger partial charge in [-0.15, -0.1) is 11.3 Å². The number of amides is 1. The van der Waals surface area contributed by atoms with E-state index < -0.39 is 11.4 Å². The number of benzene rings is 3. The molecular formula is C33H26N2O5S. The molecule has 3 heterocycles. The second kappa shape index (κ2) is 10.9. The Hall–Kier alpha value is -4.95. The van der Waals surface area contributed by atoms with Crippen LogP contribution in [0.3, 0.4) is 0 Å². The Balaban J connectivity index is 1.28. The third kappa shape index (κ3) is 5.17. The van der Waals surface area contributed by atoms with Crippen LogP contribution in [0.2, 0.25) is 0 Å². The van der Waals surface area contributed by atoms with Gasteiger partial charge in [-0.2, -0.15) is 0 Å². The number of anilines is 1. The van der Waals surface area contributed by atoms with Crippen molar-refractivity contribution in [3.05, 3.63) is 135 Å². The van der Waals surface area contributed by atoms with Crippen LogP contribution in [-0.2, 0) is 22.5 Å². The number of thiophene rings is 1. The van der Waals surface area contributed by atoms with Gasteiger partial charge in [0.2, 0.25) is 5.43 Å². The molecule has 7 nitrogen and oxygen atoms in total. The zero-order valence-corrected chi connectivity index (χ0v) is 23.1. The first-order valence-corrected chi connectivity index (χ1v) is 13.9. The summed E-state index contributed by atoms with van der Waals surface area (Å²) in [5.74, 6) is -0.781. The average molecular weight is 563 g/mol. The van der Waals surface area contributed by atoms with E-state index in [-0.39, 0.29) is 11.5 Å². The predicted molar refractivity (Wildman–Crippen MR) is 161 cm³/mol. The van der Waals surface area contributed by atoms with Crippen molar-refractivity contribution in [3.63, 3.8) is 0 Å². The van der Waals surface area contributed by atoms with Gasteiger partial charge in [0.25, 0.3) is 5.91 Å². The number of hydrogen-bond acceptors (Lipinski definition) is 5. The number of carbonyl (C=O) groups is 2. The molecule has 41 heavy (non-hydrogen) atoms. The van der Waals surface area contributed by atoms with E-state index in [2.05, 4.69) is 0 Å². The summed E-state index contributed by atoms with van der Waals surface area (Å²) in [5, 5.41) is 11.9. The lowest BCUT2D eigenvalue weighted by Crippen LogP contribution is -2.27. The SMILES string of the molecule is COC1=C(Cc2ccc(-c3cn(Cc4ccccc4)cc(C(=O)O)c3=O)s2)C(=O)N(c2ccc3ccccc3c2)C1. The van der Waals surface area contributed by atoms with Crippen molar-refractivity contribution in [2.45, 2.75) is 13.0 Å². The normalized spacial score (nSPS) is 13.3. The van der Waals surface area contributed by atoms with E-state index >= 15 is 0 Å². The van der Waals surface area contributed by atoms with E-state index in [1.165, 1.54) is 17.5 Å². The number of carboxylic acid groups (broad SMARTS) is 1. The topological polar surface area (TPSA) is 88.8 Å². The van der Waals surface area contributed by atoms with E-state index in [1.54, 1.807) is 22.8 Å². The summed E-state index contributed by atoms with van der Waals surface area (Å²) in [5.41, 5.74) is 1.85. The van der Waals surface area contributed by atoms with Crippen LogP contribution < -0.4 is 10.3 Å². The first kappa shape index (κ1) is 26.3. The molecule has 1 aliphatic rings. The number of methoxy groups -OCH3 is 1. The van der Waals surface area contributed by atoms with Gasteiger partial charge >= 0.3 is 5.97 Å². The number of pyridine rings is 1. The molecule has 3 aromatic carbocycles. The van der Waals surface area contributed by atoms with Gasteiger partial charge in [0.05, 0.1) is 24.8 Å². The van der Waals surface area contributed by atoms with Crippen molar-refractivity contribution in [2.24, 2.45) is 0 Å². The molecule has 1 aliphatic heterocycles. The molecule has 0 saturated heterocycles. The Kier molecular flexibility index (Phi) is 6.99. The summed E-state index contributed by atoms with van der Waals surface area (Å²) >= 11 is 1.37. The highest BCUT2D eigenvalue weighted by atomic mass is 32.1. The first-order valence-electron chi connectivity index (χ1n) is 13.1. The van der Waals surface area contributed by atoms with Crippen LogP contribution in [0.5, 0.6) is 0 Å². The molecule has 0 radical (unpaired) electrons. The fraction of sp³-hybridized carbons (Fsp3) is 0.121. The Morgan fingerprint density at radius 2 is 1.68 bits per heavy atom. The van der Waals surface area contributed by atoms with E-state index in [4.69, 9.17) is 4.74 Å². The Morgan fingerprint density at radius 1 is 0.927 bits per heavy atom. The summed E-state index contributed by atoms with van der Waals surface area (Å²) in [4.78, 5) is 41.8. The number of rotatable bonds is 8. The van der Waals surface area contributed by atoms with Crippen molar-refractivity contribution < 1.29 is 19.4 Å². The maximum absolute atomic E-state index is 13.6. The largest absolute Gasteiger partial charge is 0.499 e. The number of fused-ring (bicyclic) bond motifs is 1. The highest BCUT2D eigenvalue weighted by Crippen LogP contribution is 2.33. The van der Waals surface area contributed by atoms with Crippen LogP contribution in [-0.4, -0.2) is 35.2 Å². The van der Waals surface area contributed by atoms with Crippen molar-refractivity contribution >= 4 is 39.7 Å². The summed E-state index contributed by atoms with van der Waals surface area (Å²) in [6.45, 7) is 0.766. The van der Waals surface area contributed by atoms with Crippen molar-refractivity contribution in [1.29, 1.82) is 0 Å². The maximum Gasteiger partial charge on any atom is 0.341 e. The quantitative estimate of drug-likeness (QED) is 0.252. The van der Waals surface area contributed by atoms with Crippen LogP contribution in [0, 0.1) is 0 Å². The van der Waals surface area contributed by atoms with Crippen molar-refractivity contribution in [3.8, 4) is 10.4 Å². The van der Waals surface area contributed by atoms with Gasteiger partial charge < -0.3 is 19.3 Å². The molecule has 6 rings (SSSR count). The standard InChI is InChI=1S/C33H26N2O5S/c1-40-29-20-35(24-12-11-22-9-5-6-10-23(22)15-24)32(37)26(29)16-25-13-14-30(41-25)27-18-34(17-21-7-3-2-4-8-21)19-28(31(27)36)33(38)39/h2-15,18-19H,16-17,20H2,1H3,(H,38,39). The lowest BCUT2D eigenvalue weighted by molar-refractivity contribution is -0.114. The third-order valence-corrected chi connectivity index (χ3v) is 8.35. The van der Waals surface area contributed by atoms with E-state index in [0.717, 1.165) is 26.9 Å². The molecular weight excluding hydrogens is 536 g/mol. The molecule has 0 bridgehead atoms. The average Bonchev–Trinajstić information content (AvgIpc) is 3.58. The van der Waals surface area contributed by atoms with Gasteiger partial charge in [0.15, 0.2) is 0 Å². The van der Waals surface area contributed by atoms with Gasteiger partial charge in [-0.05, 0) is 40.6 Å². The van der Waals surface area contributed by atoms with Crippen molar-refractivity contribution in [2.75, 3.05) is 18.6 Å². The maximum atomic E-state index is 13.6. The van der Waals surface area contributed by atoms with Crippen LogP contribution in [0.15, 0.2) is 113 Å². The van der Waals surface area contributed by atoms with Gasteiger partial charge in [0, 0.05) is 40.8 Å². The van der Waals surface area contributed by atoms with E-state index in [0.29, 0.717) is 41.3 Å². The zero-order chi connectivity index (χ0) is 28.5. The summed E-state index contributed by atoms with van der Waals surface area (Å²) in [6, 6.07) is 27.3. The Labute approximate surface area is 240 Å². The number of hydrogen-bond donors (Lipinski definition) is 1. The molecule has 0 saturated carbocycles. The van der Waals surface area contributed by atoms with Crippen LogP contribution in [0.25, 0.3) is 21.2 Å². The number of aromatic nitrogens is 1. The molecule has 8 heteroatoms. The van der Waals surface area contributed by atoms with E-state index in [1.807, 2.05) is 84.9 Å². The van der Waals surface area contributed by atoms with E-state index in [9.17, 15) is 19.5 Å². The number of ether oxygens (including phenoxy) is 1. The summed E-state index contributed by atoms with van der Waals surface area (Å²) in [7, 11) is 1.57. The van der Waals surface area contributed by atoms with Gasteiger partial charge in [-0.25, -0.2) is 4.79 Å². The van der Waals surface area contributed by atoms with Gasteiger partial charge in [-0.1, -0.05) is 60.7 Å². The zero-order valence-electron chi connectivity index (χ0n) is 22.2. The molecule has 0 spiro atoms. The van der Waals surface area contributed by atoms with Crippen LogP contribution >= 0.6 is 11.3 Å². The minimum absolute atomic E-state index is 0.120. The van der Waals surface area contributed by atoms with Crippen LogP contribution in [0.1, 0.15) is 20.8 Å². The Morgan fingerprint density at radius 3 is 2.44 bits per heavy atom. The Bertz CT molecular complexity index is 1890. The number of nitrogens with zero attached hydrogens (tertiary/aromatic N) is 2. The highest BCUT2D eigenvalue weighted by molar-refractivity contribution is 7.15. The second-order valence-corrected chi connectivity index (χ2v) is 11.0. The fourth-order valence-corrected chi connectivity index (χ4v) is 6.17. The highest BCUT2D eigenvalue weighted by Gasteiger charge is 2.32.